The molecule has 1 N–H and O–H groups in total. The lowest BCUT2D eigenvalue weighted by molar-refractivity contribution is 0.217. The van der Waals surface area contributed by atoms with Crippen molar-refractivity contribution in [3.8, 4) is 0 Å². The van der Waals surface area contributed by atoms with Gasteiger partial charge >= 0.3 is 0 Å². The van der Waals surface area contributed by atoms with Crippen molar-refractivity contribution < 1.29 is 0 Å². The molecule has 0 spiro atoms. The van der Waals surface area contributed by atoms with E-state index in [1.165, 1.54) is 6.42 Å². The molecule has 5 nitrogen and oxygen atoms in total. The highest BCUT2D eigenvalue weighted by atomic mass is 15.4. The lowest BCUT2D eigenvalue weighted by atomic mass is 10.0. The van der Waals surface area contributed by atoms with E-state index in [-0.39, 0.29) is 5.54 Å². The first-order valence-corrected chi connectivity index (χ1v) is 8.01. The monoisotopic (exact) mass is 295 g/mol. The summed E-state index contributed by atoms with van der Waals surface area (Å²) in [4.78, 5) is 2.40. The van der Waals surface area contributed by atoms with Crippen molar-refractivity contribution in [1.82, 2.24) is 25.2 Å². The van der Waals surface area contributed by atoms with Gasteiger partial charge in [0, 0.05) is 30.9 Å². The first-order valence-electron chi connectivity index (χ1n) is 8.01. The maximum Gasteiger partial charge on any atom is 0.0965 e. The van der Waals surface area contributed by atoms with Crippen molar-refractivity contribution in [3.05, 3.63) is 11.9 Å². The quantitative estimate of drug-likeness (QED) is 0.800. The number of aromatic nitrogens is 3. The Labute approximate surface area is 130 Å². The second kappa shape index (κ2) is 7.90. The lowest BCUT2D eigenvalue weighted by Gasteiger charge is -2.25. The average Bonchev–Trinajstić information content (AvgIpc) is 2.79. The predicted octanol–water partition coefficient (Wildman–Crippen LogP) is 2.53. The van der Waals surface area contributed by atoms with Crippen molar-refractivity contribution in [2.45, 2.75) is 72.6 Å². The summed E-state index contributed by atoms with van der Waals surface area (Å²) in [5.41, 5.74) is 1.11. The van der Waals surface area contributed by atoms with Crippen LogP contribution in [-0.2, 0) is 13.1 Å². The van der Waals surface area contributed by atoms with Crippen molar-refractivity contribution in [1.29, 1.82) is 0 Å². The van der Waals surface area contributed by atoms with Gasteiger partial charge in [-0.3, -0.25) is 4.68 Å². The van der Waals surface area contributed by atoms with Crippen LogP contribution in [0.25, 0.3) is 0 Å². The predicted molar refractivity (Wildman–Crippen MR) is 88.2 cm³/mol. The van der Waals surface area contributed by atoms with Gasteiger partial charge in [-0.1, -0.05) is 19.1 Å². The van der Waals surface area contributed by atoms with Gasteiger partial charge in [-0.25, -0.2) is 0 Å². The van der Waals surface area contributed by atoms with Gasteiger partial charge in [-0.15, -0.1) is 5.10 Å². The van der Waals surface area contributed by atoms with Crippen molar-refractivity contribution in [2.24, 2.45) is 5.92 Å². The van der Waals surface area contributed by atoms with Gasteiger partial charge in [0.05, 0.1) is 12.2 Å². The minimum atomic E-state index is 0.107. The molecule has 0 bridgehead atoms. The van der Waals surface area contributed by atoms with Crippen molar-refractivity contribution in [3.63, 3.8) is 0 Å². The largest absolute Gasteiger partial charge is 0.306 e. The van der Waals surface area contributed by atoms with Crippen LogP contribution in [0.15, 0.2) is 6.20 Å². The SMILES string of the molecule is CC(C)CC(C)N(C)CCn1cc(CNC(C)(C)C)nn1. The van der Waals surface area contributed by atoms with Crippen LogP contribution < -0.4 is 5.32 Å². The van der Waals surface area contributed by atoms with E-state index in [0.29, 0.717) is 6.04 Å². The molecule has 1 heterocycles. The minimum Gasteiger partial charge on any atom is -0.306 e. The van der Waals surface area contributed by atoms with E-state index in [1.54, 1.807) is 0 Å². The molecule has 0 saturated heterocycles. The van der Waals surface area contributed by atoms with Crippen LogP contribution in [0.1, 0.15) is 53.7 Å². The fourth-order valence-electron chi connectivity index (χ4n) is 2.23. The molecule has 0 aliphatic heterocycles. The smallest absolute Gasteiger partial charge is 0.0965 e. The molecule has 1 rings (SSSR count). The third-order valence-electron chi connectivity index (χ3n) is 3.63. The maximum atomic E-state index is 4.22. The Kier molecular flexibility index (Phi) is 6.81. The molecule has 0 radical (unpaired) electrons. The van der Waals surface area contributed by atoms with E-state index in [0.717, 1.165) is 31.2 Å². The molecule has 0 aliphatic rings. The topological polar surface area (TPSA) is 46.0 Å². The zero-order chi connectivity index (χ0) is 16.0. The van der Waals surface area contributed by atoms with Gasteiger partial charge in [0.25, 0.3) is 0 Å². The number of likely N-dealkylation sites (N-methyl/N-ethyl adjacent to an activating group) is 1. The molecule has 0 aromatic carbocycles. The summed E-state index contributed by atoms with van der Waals surface area (Å²) in [7, 11) is 2.19. The Morgan fingerprint density at radius 2 is 1.95 bits per heavy atom. The second-order valence-electron chi connectivity index (χ2n) is 7.54. The van der Waals surface area contributed by atoms with E-state index >= 15 is 0 Å². The van der Waals surface area contributed by atoms with E-state index in [4.69, 9.17) is 0 Å². The third kappa shape index (κ3) is 7.58. The number of hydrogen-bond donors (Lipinski definition) is 1. The van der Waals surface area contributed by atoms with Gasteiger partial charge < -0.3 is 10.2 Å². The summed E-state index contributed by atoms with van der Waals surface area (Å²) >= 11 is 0. The average molecular weight is 295 g/mol. The molecule has 1 aromatic rings. The zero-order valence-electron chi connectivity index (χ0n) is 14.8. The Morgan fingerprint density at radius 3 is 2.52 bits per heavy atom. The van der Waals surface area contributed by atoms with Crippen LogP contribution in [0.4, 0.5) is 0 Å². The van der Waals surface area contributed by atoms with Crippen LogP contribution in [-0.4, -0.2) is 45.1 Å². The highest BCUT2D eigenvalue weighted by molar-refractivity contribution is 4.93. The normalized spacial score (nSPS) is 14.1. The second-order valence-corrected chi connectivity index (χ2v) is 7.54. The van der Waals surface area contributed by atoms with Crippen molar-refractivity contribution >= 4 is 0 Å². The van der Waals surface area contributed by atoms with Crippen LogP contribution in [0, 0.1) is 5.92 Å². The Bertz CT molecular complexity index is 405. The molecular formula is C16H33N5. The first-order chi connectivity index (χ1) is 9.67. The van der Waals surface area contributed by atoms with E-state index in [2.05, 4.69) is 69.1 Å². The maximum absolute atomic E-state index is 4.22. The molecule has 122 valence electrons. The molecule has 5 heteroatoms. The Hall–Kier alpha value is -0.940. The number of hydrogen-bond acceptors (Lipinski definition) is 4. The van der Waals surface area contributed by atoms with Gasteiger partial charge in [-0.2, -0.15) is 0 Å². The van der Waals surface area contributed by atoms with Crippen LogP contribution >= 0.6 is 0 Å². The molecule has 0 fully saturated rings. The van der Waals surface area contributed by atoms with E-state index in [1.807, 2.05) is 10.9 Å². The zero-order valence-corrected chi connectivity index (χ0v) is 14.8. The van der Waals surface area contributed by atoms with Crippen LogP contribution in [0.5, 0.6) is 0 Å². The molecule has 0 aliphatic carbocycles. The summed E-state index contributed by atoms with van der Waals surface area (Å²) in [6.07, 6.45) is 3.27. The highest BCUT2D eigenvalue weighted by Crippen LogP contribution is 2.09. The Balaban J connectivity index is 2.37. The van der Waals surface area contributed by atoms with Gasteiger partial charge in [0.15, 0.2) is 0 Å². The molecular weight excluding hydrogens is 262 g/mol. The molecule has 1 aromatic heterocycles. The molecule has 0 amide bonds. The van der Waals surface area contributed by atoms with E-state index < -0.39 is 0 Å². The summed E-state index contributed by atoms with van der Waals surface area (Å²) in [5.74, 6) is 0.740. The number of rotatable bonds is 8. The molecule has 21 heavy (non-hydrogen) atoms. The van der Waals surface area contributed by atoms with Gasteiger partial charge in [-0.05, 0) is 47.1 Å². The molecule has 0 saturated carbocycles. The van der Waals surface area contributed by atoms with E-state index in [9.17, 15) is 0 Å². The van der Waals surface area contributed by atoms with Crippen LogP contribution in [0.2, 0.25) is 0 Å². The molecule has 1 unspecified atom stereocenters. The van der Waals surface area contributed by atoms with Crippen molar-refractivity contribution in [2.75, 3.05) is 13.6 Å². The van der Waals surface area contributed by atoms with Gasteiger partial charge in [0.2, 0.25) is 0 Å². The molecule has 1 atom stereocenters. The summed E-state index contributed by atoms with van der Waals surface area (Å²) in [5, 5.41) is 11.9. The fraction of sp³-hybridized carbons (Fsp3) is 0.875. The van der Waals surface area contributed by atoms with Gasteiger partial charge in [0.1, 0.15) is 0 Å². The number of nitrogens with zero attached hydrogens (tertiary/aromatic N) is 4. The third-order valence-corrected chi connectivity index (χ3v) is 3.63. The fourth-order valence-corrected chi connectivity index (χ4v) is 2.23. The minimum absolute atomic E-state index is 0.107. The first kappa shape index (κ1) is 18.1. The Morgan fingerprint density at radius 1 is 1.29 bits per heavy atom. The van der Waals surface area contributed by atoms with Crippen LogP contribution in [0.3, 0.4) is 0 Å². The summed E-state index contributed by atoms with van der Waals surface area (Å²) < 4.78 is 1.94. The highest BCUT2D eigenvalue weighted by Gasteiger charge is 2.12. The lowest BCUT2D eigenvalue weighted by Crippen LogP contribution is -2.35. The summed E-state index contributed by atoms with van der Waals surface area (Å²) in [6.45, 7) is 16.0. The summed E-state index contributed by atoms with van der Waals surface area (Å²) in [6, 6.07) is 0.607. The number of nitrogens with one attached hydrogen (secondary N) is 1. The standard InChI is InChI=1S/C16H33N5/c1-13(2)10-14(3)20(7)8-9-21-12-15(18-19-21)11-17-16(4,5)6/h12-14,17H,8-11H2,1-7H3.